The van der Waals surface area contributed by atoms with Gasteiger partial charge in [0, 0.05) is 29.6 Å². The number of hydrogen-bond donors (Lipinski definition) is 3. The monoisotopic (exact) mass is 360 g/mol. The molecule has 1 unspecified atom stereocenters. The highest BCUT2D eigenvalue weighted by Gasteiger charge is 2.13. The van der Waals surface area contributed by atoms with Crippen LogP contribution in [0.4, 0.5) is 5.69 Å². The van der Waals surface area contributed by atoms with E-state index in [4.69, 9.17) is 5.11 Å². The van der Waals surface area contributed by atoms with Crippen LogP contribution in [0.25, 0.3) is 0 Å². The third-order valence-electron chi connectivity index (χ3n) is 3.71. The molecule has 132 valence electrons. The van der Waals surface area contributed by atoms with Crippen molar-refractivity contribution in [1.29, 1.82) is 0 Å². The summed E-state index contributed by atoms with van der Waals surface area (Å²) in [7, 11) is 0. The molecule has 1 aromatic carbocycles. The van der Waals surface area contributed by atoms with Crippen LogP contribution in [0.15, 0.2) is 41.1 Å². The number of thiophene rings is 1. The number of hydrogen-bond acceptors (Lipinski definition) is 4. The van der Waals surface area contributed by atoms with E-state index in [-0.39, 0.29) is 18.2 Å². The first-order chi connectivity index (χ1) is 12.0. The van der Waals surface area contributed by atoms with Crippen molar-refractivity contribution in [2.75, 3.05) is 11.9 Å². The number of carboxylic acids is 1. The van der Waals surface area contributed by atoms with Gasteiger partial charge in [-0.3, -0.25) is 14.4 Å². The summed E-state index contributed by atoms with van der Waals surface area (Å²) in [4.78, 5) is 34.6. The average molecular weight is 360 g/mol. The molecule has 0 aliphatic carbocycles. The van der Waals surface area contributed by atoms with Crippen LogP contribution in [0.1, 0.15) is 41.6 Å². The zero-order valence-corrected chi connectivity index (χ0v) is 14.6. The Morgan fingerprint density at radius 3 is 2.48 bits per heavy atom. The number of benzene rings is 1. The number of aliphatic carboxylic acids is 1. The molecule has 2 amide bonds. The molecule has 0 radical (unpaired) electrons. The van der Waals surface area contributed by atoms with E-state index in [1.807, 2.05) is 5.38 Å². The molecule has 2 rings (SSSR count). The van der Waals surface area contributed by atoms with Gasteiger partial charge in [-0.15, -0.1) is 0 Å². The maximum atomic E-state index is 11.9. The van der Waals surface area contributed by atoms with Crippen molar-refractivity contribution in [3.05, 3.63) is 52.2 Å². The minimum atomic E-state index is -0.888. The number of rotatable bonds is 8. The van der Waals surface area contributed by atoms with Gasteiger partial charge in [-0.25, -0.2) is 0 Å². The molecule has 0 aliphatic heterocycles. The largest absolute Gasteiger partial charge is 0.481 e. The predicted octanol–water partition coefficient (Wildman–Crippen LogP) is 3.08. The van der Waals surface area contributed by atoms with Gasteiger partial charge in [-0.1, -0.05) is 12.1 Å². The maximum Gasteiger partial charge on any atom is 0.310 e. The van der Waals surface area contributed by atoms with E-state index in [1.54, 1.807) is 42.6 Å². The van der Waals surface area contributed by atoms with Crippen molar-refractivity contribution >= 4 is 34.8 Å². The van der Waals surface area contributed by atoms with Crippen LogP contribution in [-0.2, 0) is 9.59 Å². The van der Waals surface area contributed by atoms with Crippen molar-refractivity contribution in [1.82, 2.24) is 5.32 Å². The summed E-state index contributed by atoms with van der Waals surface area (Å²) in [5, 5.41) is 18.1. The summed E-state index contributed by atoms with van der Waals surface area (Å²) in [5.41, 5.74) is 1.93. The van der Waals surface area contributed by atoms with Crippen LogP contribution in [0.3, 0.4) is 0 Å². The molecule has 1 atom stereocenters. The van der Waals surface area contributed by atoms with E-state index in [9.17, 15) is 14.4 Å². The van der Waals surface area contributed by atoms with Crippen molar-refractivity contribution in [2.45, 2.75) is 25.7 Å². The fourth-order valence-corrected chi connectivity index (χ4v) is 2.80. The lowest BCUT2D eigenvalue weighted by Crippen LogP contribution is -2.25. The number of nitrogens with one attached hydrogen (secondary N) is 2. The van der Waals surface area contributed by atoms with Gasteiger partial charge in [0.25, 0.3) is 5.91 Å². The SMILES string of the molecule is CC(C(=O)O)c1ccc(NC(=O)CCCNC(=O)c2ccsc2)cc1. The van der Waals surface area contributed by atoms with Crippen molar-refractivity contribution in [3.8, 4) is 0 Å². The Bertz CT molecular complexity index is 726. The Labute approximate surface area is 149 Å². The lowest BCUT2D eigenvalue weighted by molar-refractivity contribution is -0.138. The molecule has 0 fully saturated rings. The second-order valence-electron chi connectivity index (χ2n) is 5.60. The quantitative estimate of drug-likeness (QED) is 0.630. The first-order valence-electron chi connectivity index (χ1n) is 7.90. The molecule has 3 N–H and O–H groups in total. The van der Waals surface area contributed by atoms with Crippen LogP contribution in [0.5, 0.6) is 0 Å². The Morgan fingerprint density at radius 1 is 1.16 bits per heavy atom. The minimum absolute atomic E-state index is 0.134. The Morgan fingerprint density at radius 2 is 1.88 bits per heavy atom. The highest BCUT2D eigenvalue weighted by Crippen LogP contribution is 2.18. The lowest BCUT2D eigenvalue weighted by Gasteiger charge is -2.09. The standard InChI is InChI=1S/C18H20N2O4S/c1-12(18(23)24)13-4-6-15(7-5-13)20-16(21)3-2-9-19-17(22)14-8-10-25-11-14/h4-8,10-12H,2-3,9H2,1H3,(H,19,22)(H,20,21)(H,23,24). The molecule has 0 bridgehead atoms. The zero-order valence-electron chi connectivity index (χ0n) is 13.8. The molecule has 6 nitrogen and oxygen atoms in total. The van der Waals surface area contributed by atoms with Crippen LogP contribution in [0, 0.1) is 0 Å². The van der Waals surface area contributed by atoms with Crippen molar-refractivity contribution in [2.24, 2.45) is 0 Å². The van der Waals surface area contributed by atoms with E-state index in [0.29, 0.717) is 29.8 Å². The highest BCUT2D eigenvalue weighted by atomic mass is 32.1. The molecule has 1 heterocycles. The lowest BCUT2D eigenvalue weighted by atomic mass is 10.0. The predicted molar refractivity (Wildman–Crippen MR) is 97.0 cm³/mol. The molecule has 0 saturated carbocycles. The molecule has 25 heavy (non-hydrogen) atoms. The van der Waals surface area contributed by atoms with E-state index in [1.165, 1.54) is 11.3 Å². The van der Waals surface area contributed by atoms with Gasteiger partial charge in [-0.2, -0.15) is 11.3 Å². The van der Waals surface area contributed by atoms with Gasteiger partial charge in [0.2, 0.25) is 5.91 Å². The van der Waals surface area contributed by atoms with E-state index in [2.05, 4.69) is 10.6 Å². The highest BCUT2D eigenvalue weighted by molar-refractivity contribution is 7.08. The topological polar surface area (TPSA) is 95.5 Å². The third kappa shape index (κ3) is 5.72. The molecule has 2 aromatic rings. The maximum absolute atomic E-state index is 11.9. The molecule has 0 saturated heterocycles. The van der Waals surface area contributed by atoms with Crippen LogP contribution >= 0.6 is 11.3 Å². The van der Waals surface area contributed by atoms with Gasteiger partial charge >= 0.3 is 5.97 Å². The average Bonchev–Trinajstić information content (AvgIpc) is 3.13. The molecule has 1 aromatic heterocycles. The summed E-state index contributed by atoms with van der Waals surface area (Å²) >= 11 is 1.46. The summed E-state index contributed by atoms with van der Waals surface area (Å²) < 4.78 is 0. The van der Waals surface area contributed by atoms with E-state index < -0.39 is 11.9 Å². The fourth-order valence-electron chi connectivity index (χ4n) is 2.17. The number of anilines is 1. The van der Waals surface area contributed by atoms with Gasteiger partial charge in [-0.05, 0) is 42.5 Å². The van der Waals surface area contributed by atoms with E-state index >= 15 is 0 Å². The van der Waals surface area contributed by atoms with Crippen LogP contribution in [0.2, 0.25) is 0 Å². The molecule has 0 aliphatic rings. The first kappa shape index (κ1) is 18.7. The van der Waals surface area contributed by atoms with Gasteiger partial charge < -0.3 is 15.7 Å². The fraction of sp³-hybridized carbons (Fsp3) is 0.278. The first-order valence-corrected chi connectivity index (χ1v) is 8.84. The normalized spacial score (nSPS) is 11.6. The van der Waals surface area contributed by atoms with E-state index in [0.717, 1.165) is 0 Å². The van der Waals surface area contributed by atoms with Gasteiger partial charge in [0.15, 0.2) is 0 Å². The Kier molecular flexibility index (Phi) is 6.71. The third-order valence-corrected chi connectivity index (χ3v) is 4.40. The molecule has 7 heteroatoms. The van der Waals surface area contributed by atoms with Crippen LogP contribution < -0.4 is 10.6 Å². The summed E-state index contributed by atoms with van der Waals surface area (Å²) in [6.07, 6.45) is 0.826. The van der Waals surface area contributed by atoms with Gasteiger partial charge in [0.05, 0.1) is 5.92 Å². The number of carbonyl (C=O) groups excluding carboxylic acids is 2. The number of amides is 2. The number of carboxylic acid groups (broad SMARTS) is 1. The Balaban J connectivity index is 1.71. The Hall–Kier alpha value is -2.67. The molecular weight excluding hydrogens is 340 g/mol. The summed E-state index contributed by atoms with van der Waals surface area (Å²) in [6.45, 7) is 2.04. The number of carbonyl (C=O) groups is 3. The van der Waals surface area contributed by atoms with Crippen molar-refractivity contribution in [3.63, 3.8) is 0 Å². The minimum Gasteiger partial charge on any atom is -0.481 e. The molecular formula is C18H20N2O4S. The van der Waals surface area contributed by atoms with Gasteiger partial charge in [0.1, 0.15) is 0 Å². The molecule has 0 spiro atoms. The summed E-state index contributed by atoms with van der Waals surface area (Å²) in [6, 6.07) is 8.50. The zero-order chi connectivity index (χ0) is 18.2. The smallest absolute Gasteiger partial charge is 0.310 e. The van der Waals surface area contributed by atoms with Crippen molar-refractivity contribution < 1.29 is 19.5 Å². The second kappa shape index (κ2) is 8.98. The van der Waals surface area contributed by atoms with Crippen LogP contribution in [-0.4, -0.2) is 29.4 Å². The summed E-state index contributed by atoms with van der Waals surface area (Å²) in [5.74, 6) is -1.76. The second-order valence-corrected chi connectivity index (χ2v) is 6.38.